The first-order chi connectivity index (χ1) is 9.01. The number of amides is 1. The summed E-state index contributed by atoms with van der Waals surface area (Å²) < 4.78 is 25.7. The van der Waals surface area contributed by atoms with Gasteiger partial charge in [-0.15, -0.1) is 0 Å². The molecule has 0 aromatic heterocycles. The number of piperidine rings is 1. The van der Waals surface area contributed by atoms with Crippen molar-refractivity contribution in [3.8, 4) is 6.07 Å². The van der Waals surface area contributed by atoms with E-state index in [-0.39, 0.29) is 25.3 Å². The number of nitrogens with zero attached hydrogens (tertiary/aromatic N) is 2. The molecule has 1 amide bonds. The fourth-order valence-electron chi connectivity index (χ4n) is 2.08. The van der Waals surface area contributed by atoms with Crippen molar-refractivity contribution in [2.45, 2.75) is 44.3 Å². The highest BCUT2D eigenvalue weighted by atomic mass is 32.2. The van der Waals surface area contributed by atoms with Crippen LogP contribution in [0.1, 0.15) is 39.0 Å². The van der Waals surface area contributed by atoms with E-state index in [0.717, 1.165) is 32.4 Å². The second kappa shape index (κ2) is 7.46. The molecule has 108 valence electrons. The van der Waals surface area contributed by atoms with E-state index in [0.29, 0.717) is 0 Å². The van der Waals surface area contributed by atoms with Gasteiger partial charge >= 0.3 is 0 Å². The van der Waals surface area contributed by atoms with Gasteiger partial charge in [-0.05, 0) is 25.7 Å². The van der Waals surface area contributed by atoms with Crippen molar-refractivity contribution in [2.75, 3.05) is 19.6 Å². The first-order valence-corrected chi connectivity index (χ1v) is 8.21. The molecule has 1 heterocycles. The van der Waals surface area contributed by atoms with Gasteiger partial charge in [-0.1, -0.05) is 6.92 Å². The lowest BCUT2D eigenvalue weighted by Crippen LogP contribution is -2.39. The molecule has 1 saturated heterocycles. The second-order valence-corrected chi connectivity index (χ2v) is 6.60. The van der Waals surface area contributed by atoms with Gasteiger partial charge in [0.15, 0.2) is 5.25 Å². The average molecular weight is 287 g/mol. The third-order valence-electron chi connectivity index (χ3n) is 3.24. The molecule has 0 radical (unpaired) electrons. The smallest absolute Gasteiger partial charge is 0.227 e. The van der Waals surface area contributed by atoms with Crippen LogP contribution < -0.4 is 4.72 Å². The Morgan fingerprint density at radius 1 is 1.37 bits per heavy atom. The number of hydrogen-bond donors (Lipinski definition) is 1. The minimum atomic E-state index is -3.63. The standard InChI is InChI=1S/C12H21N3O3S/c1-2-11(10-13)19(17,18)14-7-6-12(16)15-8-4-3-5-9-15/h11,14H,2-9H2,1H3. The zero-order valence-corrected chi connectivity index (χ0v) is 12.1. The second-order valence-electron chi connectivity index (χ2n) is 4.66. The average Bonchev–Trinajstić information content (AvgIpc) is 2.40. The molecule has 1 rings (SSSR count). The van der Waals surface area contributed by atoms with Gasteiger partial charge in [0.1, 0.15) is 0 Å². The van der Waals surface area contributed by atoms with Crippen molar-refractivity contribution in [1.29, 1.82) is 5.26 Å². The van der Waals surface area contributed by atoms with Gasteiger partial charge in [-0.25, -0.2) is 13.1 Å². The molecule has 0 bridgehead atoms. The highest BCUT2D eigenvalue weighted by Gasteiger charge is 2.23. The van der Waals surface area contributed by atoms with Gasteiger partial charge < -0.3 is 4.90 Å². The largest absolute Gasteiger partial charge is 0.343 e. The van der Waals surface area contributed by atoms with Gasteiger partial charge in [-0.3, -0.25) is 4.79 Å². The maximum Gasteiger partial charge on any atom is 0.227 e. The van der Waals surface area contributed by atoms with Crippen LogP contribution in [0.25, 0.3) is 0 Å². The van der Waals surface area contributed by atoms with E-state index >= 15 is 0 Å². The number of hydrogen-bond acceptors (Lipinski definition) is 4. The summed E-state index contributed by atoms with van der Waals surface area (Å²) in [5.74, 6) is -0.0209. The summed E-state index contributed by atoms with van der Waals surface area (Å²) in [7, 11) is -3.63. The molecule has 0 aromatic carbocycles. The molecule has 1 aliphatic heterocycles. The van der Waals surface area contributed by atoms with Crippen molar-refractivity contribution in [2.24, 2.45) is 0 Å². The molecule has 1 N–H and O–H groups in total. The first kappa shape index (κ1) is 15.9. The minimum Gasteiger partial charge on any atom is -0.343 e. The number of carbonyl (C=O) groups excluding carboxylic acids is 1. The van der Waals surface area contributed by atoms with Crippen molar-refractivity contribution < 1.29 is 13.2 Å². The maximum atomic E-state index is 11.8. The van der Waals surface area contributed by atoms with Crippen molar-refractivity contribution in [3.05, 3.63) is 0 Å². The fourth-order valence-corrected chi connectivity index (χ4v) is 3.25. The molecule has 1 unspecified atom stereocenters. The normalized spacial score (nSPS) is 17.8. The van der Waals surface area contributed by atoms with E-state index < -0.39 is 15.3 Å². The predicted molar refractivity (Wildman–Crippen MR) is 71.7 cm³/mol. The number of sulfonamides is 1. The topological polar surface area (TPSA) is 90.3 Å². The van der Waals surface area contributed by atoms with Crippen LogP contribution in [0.3, 0.4) is 0 Å². The predicted octanol–water partition coefficient (Wildman–Crippen LogP) is 0.611. The monoisotopic (exact) mass is 287 g/mol. The lowest BCUT2D eigenvalue weighted by Gasteiger charge is -2.26. The van der Waals surface area contributed by atoms with E-state index in [1.165, 1.54) is 0 Å². The minimum absolute atomic E-state index is 0.0209. The van der Waals surface area contributed by atoms with Crippen LogP contribution in [0.4, 0.5) is 0 Å². The van der Waals surface area contributed by atoms with Crippen LogP contribution >= 0.6 is 0 Å². The number of rotatable bonds is 6. The van der Waals surface area contributed by atoms with Crippen LogP contribution in [0.15, 0.2) is 0 Å². The van der Waals surface area contributed by atoms with E-state index in [1.807, 2.05) is 0 Å². The van der Waals surface area contributed by atoms with Crippen LogP contribution in [0.5, 0.6) is 0 Å². The Morgan fingerprint density at radius 2 is 2.00 bits per heavy atom. The number of likely N-dealkylation sites (tertiary alicyclic amines) is 1. The molecule has 19 heavy (non-hydrogen) atoms. The molecule has 1 atom stereocenters. The molecule has 0 aliphatic carbocycles. The van der Waals surface area contributed by atoms with Gasteiger partial charge in [0.2, 0.25) is 15.9 Å². The first-order valence-electron chi connectivity index (χ1n) is 6.67. The summed E-state index contributed by atoms with van der Waals surface area (Å²) >= 11 is 0. The highest BCUT2D eigenvalue weighted by Crippen LogP contribution is 2.10. The van der Waals surface area contributed by atoms with Crippen LogP contribution in [0, 0.1) is 11.3 Å². The van der Waals surface area contributed by atoms with Crippen molar-refractivity contribution >= 4 is 15.9 Å². The Morgan fingerprint density at radius 3 is 2.53 bits per heavy atom. The van der Waals surface area contributed by atoms with E-state index in [1.54, 1.807) is 17.9 Å². The Kier molecular flexibility index (Phi) is 6.25. The summed E-state index contributed by atoms with van der Waals surface area (Å²) in [6.07, 6.45) is 3.58. The summed E-state index contributed by atoms with van der Waals surface area (Å²) in [6.45, 7) is 3.24. The molecule has 7 heteroatoms. The zero-order valence-electron chi connectivity index (χ0n) is 11.3. The Hall–Kier alpha value is -1.13. The zero-order chi connectivity index (χ0) is 14.3. The lowest BCUT2D eigenvalue weighted by atomic mass is 10.1. The SMILES string of the molecule is CCC(C#N)S(=O)(=O)NCCC(=O)N1CCCCC1. The molecule has 6 nitrogen and oxygen atoms in total. The van der Waals surface area contributed by atoms with E-state index in [4.69, 9.17) is 5.26 Å². The van der Waals surface area contributed by atoms with E-state index in [9.17, 15) is 13.2 Å². The highest BCUT2D eigenvalue weighted by molar-refractivity contribution is 7.90. The quantitative estimate of drug-likeness (QED) is 0.775. The van der Waals surface area contributed by atoms with Crippen LogP contribution in [-0.2, 0) is 14.8 Å². The summed E-state index contributed by atoms with van der Waals surface area (Å²) in [4.78, 5) is 13.6. The number of carbonyl (C=O) groups is 1. The molecule has 0 spiro atoms. The third kappa shape index (κ3) is 4.80. The Labute approximate surface area is 114 Å². The lowest BCUT2D eigenvalue weighted by molar-refractivity contribution is -0.131. The summed E-state index contributed by atoms with van der Waals surface area (Å²) in [5.41, 5.74) is 0. The number of nitrogens with one attached hydrogen (secondary N) is 1. The van der Waals surface area contributed by atoms with Crippen LogP contribution in [-0.4, -0.2) is 44.1 Å². The summed E-state index contributed by atoms with van der Waals surface area (Å²) in [6, 6.07) is 1.75. The third-order valence-corrected chi connectivity index (χ3v) is 5.03. The summed E-state index contributed by atoms with van der Waals surface area (Å²) in [5, 5.41) is 7.69. The van der Waals surface area contributed by atoms with Gasteiger partial charge in [0.25, 0.3) is 0 Å². The molecular formula is C12H21N3O3S. The van der Waals surface area contributed by atoms with Gasteiger partial charge in [-0.2, -0.15) is 5.26 Å². The van der Waals surface area contributed by atoms with Crippen molar-refractivity contribution in [3.63, 3.8) is 0 Å². The van der Waals surface area contributed by atoms with Crippen LogP contribution in [0.2, 0.25) is 0 Å². The molecule has 1 aliphatic rings. The molecule has 0 saturated carbocycles. The van der Waals surface area contributed by atoms with Crippen molar-refractivity contribution in [1.82, 2.24) is 9.62 Å². The number of nitriles is 1. The Bertz CT molecular complexity index is 436. The molecule has 0 aromatic rings. The van der Waals surface area contributed by atoms with E-state index in [2.05, 4.69) is 4.72 Å². The maximum absolute atomic E-state index is 11.8. The van der Waals surface area contributed by atoms with Gasteiger partial charge in [0.05, 0.1) is 6.07 Å². The van der Waals surface area contributed by atoms with Gasteiger partial charge in [0, 0.05) is 26.1 Å². The fraction of sp³-hybridized carbons (Fsp3) is 0.833. The Balaban J connectivity index is 2.37. The molecule has 1 fully saturated rings. The molecular weight excluding hydrogens is 266 g/mol.